The van der Waals surface area contributed by atoms with E-state index in [1.54, 1.807) is 5.01 Å². The topological polar surface area (TPSA) is 58.4 Å². The van der Waals surface area contributed by atoms with Gasteiger partial charge in [-0.15, -0.1) is 0 Å². The minimum atomic E-state index is -0.190. The second-order valence-corrected chi connectivity index (χ2v) is 3.94. The average molecular weight is 171 g/mol. The molecule has 4 nitrogen and oxygen atoms in total. The monoisotopic (exact) mass is 171 g/mol. The van der Waals surface area contributed by atoms with Crippen molar-refractivity contribution in [1.29, 1.82) is 0 Å². The van der Waals surface area contributed by atoms with Crippen LogP contribution >= 0.6 is 0 Å². The molecule has 0 spiro atoms. The maximum atomic E-state index is 11.1. The number of rotatable bonds is 3. The molecule has 1 rings (SSSR count). The van der Waals surface area contributed by atoms with Crippen LogP contribution in [0.5, 0.6) is 0 Å². The number of hydrogen-bond donors (Lipinski definition) is 2. The van der Waals surface area contributed by atoms with E-state index in [0.29, 0.717) is 13.0 Å². The SMILES string of the molecule is CC(C)(N)CCN1NCCC1=O. The van der Waals surface area contributed by atoms with Gasteiger partial charge in [0.25, 0.3) is 0 Å². The van der Waals surface area contributed by atoms with E-state index in [4.69, 9.17) is 5.73 Å². The van der Waals surface area contributed by atoms with Gasteiger partial charge in [0, 0.05) is 25.0 Å². The smallest absolute Gasteiger partial charge is 0.238 e. The molecule has 1 heterocycles. The van der Waals surface area contributed by atoms with E-state index in [0.717, 1.165) is 13.0 Å². The predicted octanol–water partition coefficient (Wildman–Crippen LogP) is -0.149. The normalized spacial score (nSPS) is 18.9. The van der Waals surface area contributed by atoms with Crippen molar-refractivity contribution in [3.05, 3.63) is 0 Å². The third kappa shape index (κ3) is 2.79. The van der Waals surface area contributed by atoms with E-state index >= 15 is 0 Å². The largest absolute Gasteiger partial charge is 0.325 e. The van der Waals surface area contributed by atoms with Crippen molar-refractivity contribution in [3.63, 3.8) is 0 Å². The predicted molar refractivity (Wildman–Crippen MR) is 47.2 cm³/mol. The Balaban J connectivity index is 2.27. The summed E-state index contributed by atoms with van der Waals surface area (Å²) >= 11 is 0. The lowest BCUT2D eigenvalue weighted by Gasteiger charge is -2.22. The Morgan fingerprint density at radius 1 is 1.67 bits per heavy atom. The molecule has 0 bridgehead atoms. The minimum absolute atomic E-state index is 0.180. The van der Waals surface area contributed by atoms with Crippen LogP contribution in [0.25, 0.3) is 0 Å². The van der Waals surface area contributed by atoms with Gasteiger partial charge in [-0.05, 0) is 20.3 Å². The first-order chi connectivity index (χ1) is 5.49. The Kier molecular flexibility index (Phi) is 2.69. The van der Waals surface area contributed by atoms with Gasteiger partial charge in [0.2, 0.25) is 5.91 Å². The molecule has 0 unspecified atom stereocenters. The number of nitrogens with one attached hydrogen (secondary N) is 1. The molecule has 0 aromatic heterocycles. The van der Waals surface area contributed by atoms with Crippen LogP contribution in [0.4, 0.5) is 0 Å². The summed E-state index contributed by atoms with van der Waals surface area (Å²) in [5, 5.41) is 1.66. The molecule has 1 saturated heterocycles. The Morgan fingerprint density at radius 3 is 2.75 bits per heavy atom. The van der Waals surface area contributed by atoms with Crippen molar-refractivity contribution >= 4 is 5.91 Å². The Bertz CT molecular complexity index is 174. The van der Waals surface area contributed by atoms with Crippen molar-refractivity contribution in [1.82, 2.24) is 10.4 Å². The van der Waals surface area contributed by atoms with Crippen LogP contribution in [0.15, 0.2) is 0 Å². The van der Waals surface area contributed by atoms with Crippen molar-refractivity contribution in [2.45, 2.75) is 32.2 Å². The molecule has 0 atom stereocenters. The molecule has 1 amide bonds. The standard InChI is InChI=1S/C8H17N3O/c1-8(2,9)4-6-11-7(12)3-5-10-11/h10H,3-6,9H2,1-2H3. The summed E-state index contributed by atoms with van der Waals surface area (Å²) in [4.78, 5) is 11.1. The highest BCUT2D eigenvalue weighted by atomic mass is 16.2. The van der Waals surface area contributed by atoms with Gasteiger partial charge in [-0.3, -0.25) is 9.80 Å². The van der Waals surface area contributed by atoms with Crippen LogP contribution in [0.1, 0.15) is 26.7 Å². The summed E-state index contributed by atoms with van der Waals surface area (Å²) in [5.41, 5.74) is 8.61. The van der Waals surface area contributed by atoms with E-state index in [1.165, 1.54) is 0 Å². The van der Waals surface area contributed by atoms with Crippen LogP contribution in [-0.2, 0) is 4.79 Å². The van der Waals surface area contributed by atoms with E-state index < -0.39 is 0 Å². The zero-order valence-corrected chi connectivity index (χ0v) is 7.76. The molecule has 4 heteroatoms. The Morgan fingerprint density at radius 2 is 2.33 bits per heavy atom. The first-order valence-corrected chi connectivity index (χ1v) is 4.32. The zero-order valence-electron chi connectivity index (χ0n) is 7.76. The highest BCUT2D eigenvalue weighted by Gasteiger charge is 2.21. The average Bonchev–Trinajstić information content (AvgIpc) is 2.29. The second kappa shape index (κ2) is 3.41. The van der Waals surface area contributed by atoms with Gasteiger partial charge in [-0.1, -0.05) is 0 Å². The van der Waals surface area contributed by atoms with Crippen molar-refractivity contribution in [3.8, 4) is 0 Å². The maximum Gasteiger partial charge on any atom is 0.238 e. The molecule has 1 aliphatic rings. The van der Waals surface area contributed by atoms with E-state index in [-0.39, 0.29) is 11.4 Å². The van der Waals surface area contributed by atoms with Gasteiger partial charge in [0.05, 0.1) is 0 Å². The van der Waals surface area contributed by atoms with Gasteiger partial charge in [-0.25, -0.2) is 5.43 Å². The lowest BCUT2D eigenvalue weighted by atomic mass is 10.0. The summed E-state index contributed by atoms with van der Waals surface area (Å²) in [7, 11) is 0. The molecule has 0 aromatic carbocycles. The molecule has 12 heavy (non-hydrogen) atoms. The molecule has 0 saturated carbocycles. The van der Waals surface area contributed by atoms with Crippen molar-refractivity contribution < 1.29 is 4.79 Å². The third-order valence-electron chi connectivity index (χ3n) is 1.92. The number of hydrogen-bond acceptors (Lipinski definition) is 3. The number of nitrogens with two attached hydrogens (primary N) is 1. The summed E-state index contributed by atoms with van der Waals surface area (Å²) < 4.78 is 0. The number of carbonyl (C=O) groups is 1. The zero-order chi connectivity index (χ0) is 9.19. The van der Waals surface area contributed by atoms with Crippen LogP contribution in [-0.4, -0.2) is 29.5 Å². The number of hydrazine groups is 1. The summed E-state index contributed by atoms with van der Waals surface area (Å²) in [6, 6.07) is 0. The third-order valence-corrected chi connectivity index (χ3v) is 1.92. The van der Waals surface area contributed by atoms with E-state index in [1.807, 2.05) is 13.8 Å². The molecule has 3 N–H and O–H groups in total. The maximum absolute atomic E-state index is 11.1. The Hall–Kier alpha value is -0.610. The number of carbonyl (C=O) groups excluding carboxylic acids is 1. The fourth-order valence-electron chi connectivity index (χ4n) is 1.12. The Labute approximate surface area is 73.1 Å². The van der Waals surface area contributed by atoms with Gasteiger partial charge < -0.3 is 5.73 Å². The molecule has 0 radical (unpaired) electrons. The van der Waals surface area contributed by atoms with Crippen molar-refractivity contribution in [2.24, 2.45) is 5.73 Å². The van der Waals surface area contributed by atoms with Gasteiger partial charge in [0.15, 0.2) is 0 Å². The summed E-state index contributed by atoms with van der Waals surface area (Å²) in [6.07, 6.45) is 1.44. The molecule has 1 aliphatic heterocycles. The van der Waals surface area contributed by atoms with Gasteiger partial charge in [0.1, 0.15) is 0 Å². The highest BCUT2D eigenvalue weighted by molar-refractivity contribution is 5.77. The number of amides is 1. The fourth-order valence-corrected chi connectivity index (χ4v) is 1.12. The molecule has 0 aliphatic carbocycles. The van der Waals surface area contributed by atoms with Crippen LogP contribution in [0, 0.1) is 0 Å². The lowest BCUT2D eigenvalue weighted by Crippen LogP contribution is -2.41. The van der Waals surface area contributed by atoms with E-state index in [9.17, 15) is 4.79 Å². The molecule has 0 aromatic rings. The first kappa shape index (κ1) is 9.48. The molecule has 1 fully saturated rings. The lowest BCUT2D eigenvalue weighted by molar-refractivity contribution is -0.129. The molecular weight excluding hydrogens is 154 g/mol. The number of nitrogens with zero attached hydrogens (tertiary/aromatic N) is 1. The second-order valence-electron chi connectivity index (χ2n) is 3.94. The minimum Gasteiger partial charge on any atom is -0.325 e. The summed E-state index contributed by atoms with van der Waals surface area (Å²) in [5.74, 6) is 0.180. The quantitative estimate of drug-likeness (QED) is 0.621. The highest BCUT2D eigenvalue weighted by Crippen LogP contribution is 2.07. The first-order valence-electron chi connectivity index (χ1n) is 4.32. The van der Waals surface area contributed by atoms with Gasteiger partial charge in [-0.2, -0.15) is 0 Å². The van der Waals surface area contributed by atoms with Crippen LogP contribution in [0.3, 0.4) is 0 Å². The van der Waals surface area contributed by atoms with E-state index in [2.05, 4.69) is 5.43 Å². The fraction of sp³-hybridized carbons (Fsp3) is 0.875. The van der Waals surface area contributed by atoms with Crippen LogP contribution < -0.4 is 11.2 Å². The van der Waals surface area contributed by atoms with Gasteiger partial charge >= 0.3 is 0 Å². The molecular formula is C8H17N3O. The van der Waals surface area contributed by atoms with Crippen molar-refractivity contribution in [2.75, 3.05) is 13.1 Å². The molecule has 70 valence electrons. The summed E-state index contributed by atoms with van der Waals surface area (Å²) in [6.45, 7) is 5.41. The van der Waals surface area contributed by atoms with Crippen LogP contribution in [0.2, 0.25) is 0 Å².